The van der Waals surface area contributed by atoms with Crippen LogP contribution in [0.4, 0.5) is 4.39 Å². The maximum absolute atomic E-state index is 12.9. The average Bonchev–Trinajstić information content (AvgIpc) is 2.38. The lowest BCUT2D eigenvalue weighted by Crippen LogP contribution is -2.13. The van der Waals surface area contributed by atoms with Crippen molar-refractivity contribution in [2.45, 2.75) is 13.5 Å². The molecule has 1 heterocycles. The molecular weight excluding hydrogens is 233 g/mol. The zero-order valence-corrected chi connectivity index (χ0v) is 10.1. The van der Waals surface area contributed by atoms with Gasteiger partial charge >= 0.3 is 0 Å². The van der Waals surface area contributed by atoms with Gasteiger partial charge in [0, 0.05) is 18.7 Å². The van der Waals surface area contributed by atoms with Crippen molar-refractivity contribution in [3.8, 4) is 11.6 Å². The first-order chi connectivity index (χ1) is 8.78. The monoisotopic (exact) mass is 247 g/mol. The second kappa shape index (κ2) is 6.07. The fraction of sp³-hybridized carbons (Fsp3) is 0.231. The Morgan fingerprint density at radius 2 is 2.11 bits per heavy atom. The molecule has 0 radical (unpaired) electrons. The summed E-state index contributed by atoms with van der Waals surface area (Å²) in [6, 6.07) is 9.44. The van der Waals surface area contributed by atoms with Gasteiger partial charge in [0.2, 0.25) is 5.88 Å². The van der Waals surface area contributed by atoms with Gasteiger partial charge in [-0.1, -0.05) is 13.0 Å². The largest absolute Gasteiger partial charge is 0.437 e. The molecule has 0 unspecified atom stereocenters. The van der Waals surface area contributed by atoms with Crippen molar-refractivity contribution in [1.29, 1.82) is 0 Å². The van der Waals surface area contributed by atoms with Crippen LogP contribution in [0.25, 0.3) is 0 Å². The van der Waals surface area contributed by atoms with E-state index in [1.807, 2.05) is 13.0 Å². The summed E-state index contributed by atoms with van der Waals surface area (Å²) >= 11 is 0. The van der Waals surface area contributed by atoms with Crippen molar-refractivity contribution >= 4 is 0 Å². The molecule has 5 heteroatoms. The molecule has 0 amide bonds. The van der Waals surface area contributed by atoms with E-state index in [1.165, 1.54) is 12.1 Å². The molecule has 2 aromatic rings. The van der Waals surface area contributed by atoms with Crippen molar-refractivity contribution in [1.82, 2.24) is 15.5 Å². The van der Waals surface area contributed by atoms with Gasteiger partial charge in [-0.3, -0.25) is 0 Å². The van der Waals surface area contributed by atoms with E-state index >= 15 is 0 Å². The Labute approximate surface area is 105 Å². The SMILES string of the molecule is CCNCc1ccc(Oc2cccc(F)c2)nn1. The fourth-order valence-corrected chi connectivity index (χ4v) is 1.40. The minimum absolute atomic E-state index is 0.343. The second-order valence-corrected chi connectivity index (χ2v) is 3.70. The van der Waals surface area contributed by atoms with E-state index in [-0.39, 0.29) is 5.82 Å². The standard InChI is InChI=1S/C13H14FN3O/c1-2-15-9-11-6-7-13(17-16-11)18-12-5-3-4-10(14)8-12/h3-8,15H,2,9H2,1H3. The van der Waals surface area contributed by atoms with Crippen LogP contribution in [0.15, 0.2) is 36.4 Å². The third-order valence-corrected chi connectivity index (χ3v) is 2.27. The topological polar surface area (TPSA) is 47.0 Å². The van der Waals surface area contributed by atoms with Gasteiger partial charge in [0.15, 0.2) is 0 Å². The minimum atomic E-state index is -0.343. The van der Waals surface area contributed by atoms with Crippen LogP contribution in [-0.2, 0) is 6.54 Å². The molecule has 4 nitrogen and oxygen atoms in total. The lowest BCUT2D eigenvalue weighted by Gasteiger charge is -2.05. The summed E-state index contributed by atoms with van der Waals surface area (Å²) in [5, 5.41) is 11.1. The van der Waals surface area contributed by atoms with Crippen molar-refractivity contribution in [3.05, 3.63) is 47.9 Å². The quantitative estimate of drug-likeness (QED) is 0.882. The highest BCUT2D eigenvalue weighted by Crippen LogP contribution is 2.19. The third-order valence-electron chi connectivity index (χ3n) is 2.27. The molecule has 0 saturated heterocycles. The Hall–Kier alpha value is -2.01. The number of nitrogens with zero attached hydrogens (tertiary/aromatic N) is 2. The lowest BCUT2D eigenvalue weighted by molar-refractivity contribution is 0.449. The molecule has 0 fully saturated rings. The van der Waals surface area contributed by atoms with Crippen LogP contribution in [0.3, 0.4) is 0 Å². The van der Waals surface area contributed by atoms with Crippen LogP contribution in [0, 0.1) is 5.82 Å². The van der Waals surface area contributed by atoms with Crippen LogP contribution in [0.5, 0.6) is 11.6 Å². The number of hydrogen-bond donors (Lipinski definition) is 1. The van der Waals surface area contributed by atoms with Crippen LogP contribution < -0.4 is 10.1 Å². The lowest BCUT2D eigenvalue weighted by atomic mass is 10.3. The summed E-state index contributed by atoms with van der Waals surface area (Å²) in [5.41, 5.74) is 0.837. The Kier molecular flexibility index (Phi) is 4.20. The Morgan fingerprint density at radius 3 is 2.78 bits per heavy atom. The van der Waals surface area contributed by atoms with E-state index in [2.05, 4.69) is 15.5 Å². The zero-order chi connectivity index (χ0) is 12.8. The number of hydrogen-bond acceptors (Lipinski definition) is 4. The van der Waals surface area contributed by atoms with Gasteiger partial charge in [0.25, 0.3) is 0 Å². The van der Waals surface area contributed by atoms with E-state index in [0.29, 0.717) is 18.2 Å². The molecule has 0 saturated carbocycles. The molecular formula is C13H14FN3O. The van der Waals surface area contributed by atoms with Crippen molar-refractivity contribution in [2.24, 2.45) is 0 Å². The number of rotatable bonds is 5. The minimum Gasteiger partial charge on any atom is -0.437 e. The predicted molar refractivity (Wildman–Crippen MR) is 65.9 cm³/mol. The molecule has 1 aromatic heterocycles. The maximum Gasteiger partial charge on any atom is 0.238 e. The highest BCUT2D eigenvalue weighted by Gasteiger charge is 2.01. The summed E-state index contributed by atoms with van der Waals surface area (Å²) in [6.45, 7) is 3.57. The van der Waals surface area contributed by atoms with Gasteiger partial charge in [0.1, 0.15) is 11.6 Å². The number of ether oxygens (including phenoxy) is 1. The van der Waals surface area contributed by atoms with Crippen molar-refractivity contribution < 1.29 is 9.13 Å². The average molecular weight is 247 g/mol. The highest BCUT2D eigenvalue weighted by molar-refractivity contribution is 5.27. The second-order valence-electron chi connectivity index (χ2n) is 3.70. The van der Waals surface area contributed by atoms with Gasteiger partial charge in [-0.25, -0.2) is 4.39 Å². The van der Waals surface area contributed by atoms with E-state index in [1.54, 1.807) is 18.2 Å². The normalized spacial score (nSPS) is 10.3. The predicted octanol–water partition coefficient (Wildman–Crippen LogP) is 2.52. The first-order valence-electron chi connectivity index (χ1n) is 5.74. The van der Waals surface area contributed by atoms with E-state index in [4.69, 9.17) is 4.74 Å². The molecule has 94 valence electrons. The molecule has 0 aliphatic heterocycles. The smallest absolute Gasteiger partial charge is 0.238 e. The van der Waals surface area contributed by atoms with E-state index in [9.17, 15) is 4.39 Å². The van der Waals surface area contributed by atoms with Crippen molar-refractivity contribution in [2.75, 3.05) is 6.54 Å². The molecule has 1 aromatic carbocycles. The maximum atomic E-state index is 12.9. The summed E-state index contributed by atoms with van der Waals surface area (Å²) in [5.74, 6) is 0.411. The number of nitrogens with one attached hydrogen (secondary N) is 1. The molecule has 18 heavy (non-hydrogen) atoms. The van der Waals surface area contributed by atoms with Crippen molar-refractivity contribution in [3.63, 3.8) is 0 Å². The fourth-order valence-electron chi connectivity index (χ4n) is 1.40. The Balaban J connectivity index is 2.02. The molecule has 2 rings (SSSR count). The van der Waals surface area contributed by atoms with E-state index in [0.717, 1.165) is 12.2 Å². The number of aromatic nitrogens is 2. The van der Waals surface area contributed by atoms with Gasteiger partial charge < -0.3 is 10.1 Å². The van der Waals surface area contributed by atoms with Crippen LogP contribution in [-0.4, -0.2) is 16.7 Å². The van der Waals surface area contributed by atoms with Crippen LogP contribution in [0.2, 0.25) is 0 Å². The molecule has 0 bridgehead atoms. The first-order valence-corrected chi connectivity index (χ1v) is 5.74. The summed E-state index contributed by atoms with van der Waals surface area (Å²) in [4.78, 5) is 0. The molecule has 1 N–H and O–H groups in total. The number of halogens is 1. The molecule has 0 atom stereocenters. The molecule has 0 aliphatic carbocycles. The Morgan fingerprint density at radius 1 is 1.22 bits per heavy atom. The van der Waals surface area contributed by atoms with Crippen LogP contribution in [0.1, 0.15) is 12.6 Å². The molecule has 0 spiro atoms. The summed E-state index contributed by atoms with van der Waals surface area (Å²) < 4.78 is 18.3. The third kappa shape index (κ3) is 3.49. The summed E-state index contributed by atoms with van der Waals surface area (Å²) in [7, 11) is 0. The van der Waals surface area contributed by atoms with Crippen LogP contribution >= 0.6 is 0 Å². The van der Waals surface area contributed by atoms with Gasteiger partial charge in [-0.15, -0.1) is 5.10 Å². The van der Waals surface area contributed by atoms with Gasteiger partial charge in [-0.05, 0) is 24.7 Å². The summed E-state index contributed by atoms with van der Waals surface area (Å²) in [6.07, 6.45) is 0. The zero-order valence-electron chi connectivity index (χ0n) is 10.1. The number of benzene rings is 1. The Bertz CT molecular complexity index is 502. The molecule has 0 aliphatic rings. The van der Waals surface area contributed by atoms with Gasteiger partial charge in [0.05, 0.1) is 5.69 Å². The first kappa shape index (κ1) is 12.4. The highest BCUT2D eigenvalue weighted by atomic mass is 19.1. The van der Waals surface area contributed by atoms with Gasteiger partial charge in [-0.2, -0.15) is 5.10 Å². The van der Waals surface area contributed by atoms with E-state index < -0.39 is 0 Å².